The summed E-state index contributed by atoms with van der Waals surface area (Å²) in [5.41, 5.74) is 4.70. The topological polar surface area (TPSA) is 66.0 Å². The molecular formula is C16H15ClN4O2. The fraction of sp³-hybridized carbons (Fsp3) is 0.312. The molecule has 0 radical (unpaired) electrons. The first kappa shape index (κ1) is 14.4. The van der Waals surface area contributed by atoms with E-state index in [9.17, 15) is 0 Å². The Morgan fingerprint density at radius 3 is 2.91 bits per heavy atom. The lowest BCUT2D eigenvalue weighted by atomic mass is 10.1. The Labute approximate surface area is 138 Å². The normalized spacial score (nSPS) is 14.0. The molecule has 0 saturated heterocycles. The Morgan fingerprint density at radius 2 is 2.09 bits per heavy atom. The van der Waals surface area contributed by atoms with Crippen molar-refractivity contribution in [2.75, 3.05) is 6.61 Å². The van der Waals surface area contributed by atoms with E-state index in [1.807, 2.05) is 35.9 Å². The van der Waals surface area contributed by atoms with E-state index in [1.54, 1.807) is 0 Å². The molecule has 1 aromatic carbocycles. The molecule has 3 heterocycles. The summed E-state index contributed by atoms with van der Waals surface area (Å²) in [5, 5.41) is 13.4. The van der Waals surface area contributed by atoms with E-state index in [0.717, 1.165) is 40.4 Å². The van der Waals surface area contributed by atoms with Crippen molar-refractivity contribution < 1.29 is 9.26 Å². The summed E-state index contributed by atoms with van der Waals surface area (Å²) in [5.74, 6) is 0.918. The molecule has 0 atom stereocenters. The minimum absolute atomic E-state index is 0.522. The fourth-order valence-electron chi connectivity index (χ4n) is 2.73. The van der Waals surface area contributed by atoms with E-state index in [4.69, 9.17) is 20.9 Å². The fourth-order valence-corrected chi connectivity index (χ4v) is 2.86. The van der Waals surface area contributed by atoms with Gasteiger partial charge < -0.3 is 9.26 Å². The third-order valence-electron chi connectivity index (χ3n) is 4.07. The van der Waals surface area contributed by atoms with E-state index in [-0.39, 0.29) is 0 Å². The van der Waals surface area contributed by atoms with Crippen LogP contribution in [0, 0.1) is 6.92 Å². The summed E-state index contributed by atoms with van der Waals surface area (Å²) >= 11 is 5.93. The first-order valence-corrected chi connectivity index (χ1v) is 7.80. The Hall–Kier alpha value is -2.18. The van der Waals surface area contributed by atoms with E-state index in [0.29, 0.717) is 24.8 Å². The molecule has 1 aliphatic rings. The van der Waals surface area contributed by atoms with Crippen molar-refractivity contribution in [2.24, 2.45) is 0 Å². The predicted octanol–water partition coefficient (Wildman–Crippen LogP) is 3.02. The van der Waals surface area contributed by atoms with Crippen molar-refractivity contribution in [2.45, 2.75) is 26.5 Å². The standard InChI is InChI=1S/C16H15ClN4O2/c1-10-16(11-2-4-12(17)5-3-11)18-20-21(10)8-14-13-9-22-7-6-15(13)23-19-14/h2-5H,6-9H2,1H3. The van der Waals surface area contributed by atoms with Crippen LogP contribution in [0.4, 0.5) is 0 Å². The van der Waals surface area contributed by atoms with Gasteiger partial charge in [0.1, 0.15) is 17.1 Å². The van der Waals surface area contributed by atoms with Crippen molar-refractivity contribution in [3.8, 4) is 11.3 Å². The molecule has 3 aromatic rings. The lowest BCUT2D eigenvalue weighted by molar-refractivity contribution is 0.102. The number of rotatable bonds is 3. The zero-order chi connectivity index (χ0) is 15.8. The number of fused-ring (bicyclic) bond motifs is 1. The highest BCUT2D eigenvalue weighted by molar-refractivity contribution is 6.30. The van der Waals surface area contributed by atoms with Gasteiger partial charge >= 0.3 is 0 Å². The van der Waals surface area contributed by atoms with Crippen LogP contribution in [0.2, 0.25) is 5.02 Å². The summed E-state index contributed by atoms with van der Waals surface area (Å²) in [6.45, 7) is 3.75. The molecule has 0 saturated carbocycles. The van der Waals surface area contributed by atoms with Gasteiger partial charge in [-0.3, -0.25) is 0 Å². The van der Waals surface area contributed by atoms with E-state index in [1.165, 1.54) is 0 Å². The highest BCUT2D eigenvalue weighted by atomic mass is 35.5. The number of halogens is 1. The molecule has 23 heavy (non-hydrogen) atoms. The summed E-state index contributed by atoms with van der Waals surface area (Å²) in [4.78, 5) is 0. The van der Waals surface area contributed by atoms with Crippen LogP contribution in [-0.4, -0.2) is 26.8 Å². The molecule has 0 spiro atoms. The lowest BCUT2D eigenvalue weighted by Gasteiger charge is -2.10. The molecular weight excluding hydrogens is 316 g/mol. The highest BCUT2D eigenvalue weighted by Crippen LogP contribution is 2.25. The second-order valence-corrected chi connectivity index (χ2v) is 5.96. The molecule has 4 rings (SSSR count). The van der Waals surface area contributed by atoms with E-state index >= 15 is 0 Å². The zero-order valence-electron chi connectivity index (χ0n) is 12.6. The number of hydrogen-bond donors (Lipinski definition) is 0. The maximum atomic E-state index is 5.93. The third kappa shape index (κ3) is 2.64. The average Bonchev–Trinajstić information content (AvgIpc) is 3.14. The maximum Gasteiger partial charge on any atom is 0.144 e. The van der Waals surface area contributed by atoms with Crippen LogP contribution in [0.15, 0.2) is 28.8 Å². The van der Waals surface area contributed by atoms with Gasteiger partial charge in [-0.2, -0.15) is 0 Å². The lowest BCUT2D eigenvalue weighted by Crippen LogP contribution is -2.11. The van der Waals surface area contributed by atoms with Gasteiger partial charge in [-0.25, -0.2) is 4.68 Å². The van der Waals surface area contributed by atoms with Gasteiger partial charge in [0, 0.05) is 22.6 Å². The van der Waals surface area contributed by atoms with Crippen LogP contribution >= 0.6 is 11.6 Å². The van der Waals surface area contributed by atoms with Crippen molar-refractivity contribution >= 4 is 11.6 Å². The largest absolute Gasteiger partial charge is 0.376 e. The third-order valence-corrected chi connectivity index (χ3v) is 4.32. The number of hydrogen-bond acceptors (Lipinski definition) is 5. The summed E-state index contributed by atoms with van der Waals surface area (Å²) in [6.07, 6.45) is 0.773. The highest BCUT2D eigenvalue weighted by Gasteiger charge is 2.21. The van der Waals surface area contributed by atoms with Crippen LogP contribution in [0.1, 0.15) is 22.7 Å². The Morgan fingerprint density at radius 1 is 1.26 bits per heavy atom. The first-order chi connectivity index (χ1) is 11.2. The van der Waals surface area contributed by atoms with Gasteiger partial charge in [0.05, 0.1) is 25.5 Å². The average molecular weight is 331 g/mol. The number of benzene rings is 1. The Balaban J connectivity index is 1.63. The Kier molecular flexibility index (Phi) is 3.63. The quantitative estimate of drug-likeness (QED) is 0.738. The summed E-state index contributed by atoms with van der Waals surface area (Å²) < 4.78 is 12.7. The molecule has 2 aromatic heterocycles. The molecule has 118 valence electrons. The Bertz CT molecular complexity index is 838. The van der Waals surface area contributed by atoms with Crippen LogP contribution in [-0.2, 0) is 24.3 Å². The molecule has 0 aliphatic carbocycles. The van der Waals surface area contributed by atoms with Gasteiger partial charge in [0.2, 0.25) is 0 Å². The molecule has 6 nitrogen and oxygen atoms in total. The molecule has 0 fully saturated rings. The molecule has 1 aliphatic heterocycles. The molecule has 0 N–H and O–H groups in total. The van der Waals surface area contributed by atoms with Gasteiger partial charge in [-0.05, 0) is 19.1 Å². The monoisotopic (exact) mass is 330 g/mol. The van der Waals surface area contributed by atoms with Gasteiger partial charge in [0.25, 0.3) is 0 Å². The van der Waals surface area contributed by atoms with Crippen LogP contribution in [0.3, 0.4) is 0 Å². The van der Waals surface area contributed by atoms with Crippen molar-refractivity contribution in [3.63, 3.8) is 0 Å². The van der Waals surface area contributed by atoms with Crippen LogP contribution < -0.4 is 0 Å². The van der Waals surface area contributed by atoms with Crippen molar-refractivity contribution in [3.05, 3.63) is 52.0 Å². The van der Waals surface area contributed by atoms with E-state index in [2.05, 4.69) is 15.5 Å². The van der Waals surface area contributed by atoms with Crippen molar-refractivity contribution in [1.29, 1.82) is 0 Å². The first-order valence-electron chi connectivity index (χ1n) is 7.42. The number of nitrogens with zero attached hydrogens (tertiary/aromatic N) is 4. The second kappa shape index (κ2) is 5.79. The number of ether oxygens (including phenoxy) is 1. The molecule has 7 heteroatoms. The smallest absolute Gasteiger partial charge is 0.144 e. The van der Waals surface area contributed by atoms with Crippen LogP contribution in [0.5, 0.6) is 0 Å². The SMILES string of the molecule is Cc1c(-c2ccc(Cl)cc2)nnn1Cc1noc2c1COCC2. The molecule has 0 unspecified atom stereocenters. The summed E-state index contributed by atoms with van der Waals surface area (Å²) in [6, 6.07) is 7.58. The minimum Gasteiger partial charge on any atom is -0.376 e. The molecule has 0 bridgehead atoms. The predicted molar refractivity (Wildman–Crippen MR) is 84.2 cm³/mol. The van der Waals surface area contributed by atoms with Crippen molar-refractivity contribution in [1.82, 2.24) is 20.2 Å². The van der Waals surface area contributed by atoms with E-state index < -0.39 is 0 Å². The van der Waals surface area contributed by atoms with Gasteiger partial charge in [-0.15, -0.1) is 5.10 Å². The van der Waals surface area contributed by atoms with Crippen LogP contribution in [0.25, 0.3) is 11.3 Å². The van der Waals surface area contributed by atoms with Gasteiger partial charge in [-0.1, -0.05) is 34.1 Å². The van der Waals surface area contributed by atoms with Gasteiger partial charge in [0.15, 0.2) is 0 Å². The maximum absolute atomic E-state index is 5.93. The second-order valence-electron chi connectivity index (χ2n) is 5.52. The summed E-state index contributed by atoms with van der Waals surface area (Å²) in [7, 11) is 0. The molecule has 0 amide bonds. The zero-order valence-corrected chi connectivity index (χ0v) is 13.4. The minimum atomic E-state index is 0.522. The number of aromatic nitrogens is 4.